The molecule has 1 aromatic rings. The number of esters is 1. The van der Waals surface area contributed by atoms with Crippen LogP contribution in [0.3, 0.4) is 0 Å². The SMILES string of the molecule is COC(=O)[C@H](CO)Nc1ccc2c(c1)OCO2. The van der Waals surface area contributed by atoms with Gasteiger partial charge in [0.1, 0.15) is 6.04 Å². The molecule has 17 heavy (non-hydrogen) atoms. The summed E-state index contributed by atoms with van der Waals surface area (Å²) in [5.74, 6) is 0.746. The molecule has 0 unspecified atom stereocenters. The fraction of sp³-hybridized carbons (Fsp3) is 0.364. The molecule has 2 N–H and O–H groups in total. The Hall–Kier alpha value is -1.95. The highest BCUT2D eigenvalue weighted by Gasteiger charge is 2.19. The fourth-order valence-corrected chi connectivity index (χ4v) is 1.51. The molecule has 1 aliphatic heterocycles. The largest absolute Gasteiger partial charge is 0.467 e. The van der Waals surface area contributed by atoms with Crippen LogP contribution in [0.1, 0.15) is 0 Å². The lowest BCUT2D eigenvalue weighted by Crippen LogP contribution is -2.33. The Bertz CT molecular complexity index is 420. The monoisotopic (exact) mass is 239 g/mol. The first-order chi connectivity index (χ1) is 8.24. The van der Waals surface area contributed by atoms with Gasteiger partial charge in [-0.25, -0.2) is 4.79 Å². The number of hydrogen-bond acceptors (Lipinski definition) is 6. The van der Waals surface area contributed by atoms with E-state index in [1.807, 2.05) is 0 Å². The van der Waals surface area contributed by atoms with Gasteiger partial charge in [-0.05, 0) is 12.1 Å². The third-order valence-electron chi connectivity index (χ3n) is 2.38. The number of benzene rings is 1. The van der Waals surface area contributed by atoms with E-state index in [4.69, 9.17) is 14.6 Å². The molecule has 92 valence electrons. The van der Waals surface area contributed by atoms with E-state index in [1.165, 1.54) is 7.11 Å². The van der Waals surface area contributed by atoms with Gasteiger partial charge in [0, 0.05) is 11.8 Å². The van der Waals surface area contributed by atoms with E-state index >= 15 is 0 Å². The number of methoxy groups -OCH3 is 1. The van der Waals surface area contributed by atoms with Gasteiger partial charge in [0.05, 0.1) is 13.7 Å². The van der Waals surface area contributed by atoms with Gasteiger partial charge in [0.2, 0.25) is 6.79 Å². The van der Waals surface area contributed by atoms with Gasteiger partial charge in [-0.2, -0.15) is 0 Å². The average Bonchev–Trinajstić information content (AvgIpc) is 2.82. The summed E-state index contributed by atoms with van der Waals surface area (Å²) >= 11 is 0. The second-order valence-electron chi connectivity index (χ2n) is 3.47. The van der Waals surface area contributed by atoms with Gasteiger partial charge in [0.15, 0.2) is 11.5 Å². The minimum absolute atomic E-state index is 0.194. The molecule has 1 heterocycles. The van der Waals surface area contributed by atoms with Crippen LogP contribution in [0.15, 0.2) is 18.2 Å². The first-order valence-corrected chi connectivity index (χ1v) is 5.09. The van der Waals surface area contributed by atoms with Gasteiger partial charge < -0.3 is 24.6 Å². The summed E-state index contributed by atoms with van der Waals surface area (Å²) < 4.78 is 14.9. The molecule has 1 aromatic carbocycles. The zero-order chi connectivity index (χ0) is 12.3. The van der Waals surface area contributed by atoms with E-state index in [0.717, 1.165) is 0 Å². The number of anilines is 1. The third kappa shape index (κ3) is 2.42. The smallest absolute Gasteiger partial charge is 0.330 e. The van der Waals surface area contributed by atoms with Crippen LogP contribution in [-0.4, -0.2) is 37.6 Å². The van der Waals surface area contributed by atoms with Crippen LogP contribution in [0, 0.1) is 0 Å². The number of rotatable bonds is 4. The molecule has 1 aliphatic rings. The number of fused-ring (bicyclic) bond motifs is 1. The van der Waals surface area contributed by atoms with Gasteiger partial charge in [-0.15, -0.1) is 0 Å². The van der Waals surface area contributed by atoms with Crippen LogP contribution in [0.25, 0.3) is 0 Å². The normalized spacial score (nSPS) is 14.2. The van der Waals surface area contributed by atoms with Crippen molar-refractivity contribution >= 4 is 11.7 Å². The van der Waals surface area contributed by atoms with E-state index in [2.05, 4.69) is 10.1 Å². The molecule has 0 aromatic heterocycles. The molecule has 0 bridgehead atoms. The summed E-state index contributed by atoms with van der Waals surface area (Å²) in [6.45, 7) is -0.152. The molecule has 1 atom stereocenters. The van der Waals surface area contributed by atoms with Crippen molar-refractivity contribution < 1.29 is 24.1 Å². The summed E-state index contributed by atoms with van der Waals surface area (Å²) in [6.07, 6.45) is 0. The fourth-order valence-electron chi connectivity index (χ4n) is 1.51. The molecule has 2 rings (SSSR count). The third-order valence-corrected chi connectivity index (χ3v) is 2.38. The van der Waals surface area contributed by atoms with Crippen molar-refractivity contribution in [1.29, 1.82) is 0 Å². The standard InChI is InChI=1S/C11H13NO5/c1-15-11(14)8(5-13)12-7-2-3-9-10(4-7)17-6-16-9/h2-4,8,12-13H,5-6H2,1H3/t8-/m0/s1. The van der Waals surface area contributed by atoms with Crippen molar-refractivity contribution in [3.63, 3.8) is 0 Å². The topological polar surface area (TPSA) is 77.0 Å². The lowest BCUT2D eigenvalue weighted by Gasteiger charge is -2.15. The van der Waals surface area contributed by atoms with Crippen molar-refractivity contribution in [3.8, 4) is 11.5 Å². The zero-order valence-corrected chi connectivity index (χ0v) is 9.30. The molecule has 0 fully saturated rings. The molecule has 0 spiro atoms. The lowest BCUT2D eigenvalue weighted by molar-refractivity contribution is -0.142. The molecule has 0 aliphatic carbocycles. The molecule has 6 heteroatoms. The molecule has 6 nitrogen and oxygen atoms in total. The lowest BCUT2D eigenvalue weighted by atomic mass is 10.2. The zero-order valence-electron chi connectivity index (χ0n) is 9.30. The van der Waals surface area contributed by atoms with Gasteiger partial charge in [0.25, 0.3) is 0 Å². The maximum Gasteiger partial charge on any atom is 0.330 e. The highest BCUT2D eigenvalue weighted by Crippen LogP contribution is 2.34. The predicted octanol–water partition coefficient (Wildman–Crippen LogP) is 0.361. The van der Waals surface area contributed by atoms with Crippen LogP contribution in [-0.2, 0) is 9.53 Å². The molecule has 0 saturated carbocycles. The summed E-state index contributed by atoms with van der Waals surface area (Å²) in [4.78, 5) is 11.3. The molecule has 0 radical (unpaired) electrons. The Labute approximate surface area is 98.1 Å². The van der Waals surface area contributed by atoms with Crippen molar-refractivity contribution in [3.05, 3.63) is 18.2 Å². The van der Waals surface area contributed by atoms with E-state index < -0.39 is 12.0 Å². The second-order valence-corrected chi connectivity index (χ2v) is 3.47. The number of nitrogens with one attached hydrogen (secondary N) is 1. The van der Waals surface area contributed by atoms with Crippen molar-refractivity contribution in [2.45, 2.75) is 6.04 Å². The Morgan fingerprint density at radius 1 is 1.53 bits per heavy atom. The van der Waals surface area contributed by atoms with Crippen molar-refractivity contribution in [1.82, 2.24) is 0 Å². The van der Waals surface area contributed by atoms with E-state index in [0.29, 0.717) is 17.2 Å². The summed E-state index contributed by atoms with van der Waals surface area (Å²) in [7, 11) is 1.27. The highest BCUT2D eigenvalue weighted by molar-refractivity contribution is 5.79. The number of aliphatic hydroxyl groups is 1. The highest BCUT2D eigenvalue weighted by atomic mass is 16.7. The first kappa shape index (κ1) is 11.5. The number of carbonyl (C=O) groups is 1. The molecule has 0 amide bonds. The van der Waals surface area contributed by atoms with Gasteiger partial charge in [-0.3, -0.25) is 0 Å². The quantitative estimate of drug-likeness (QED) is 0.739. The van der Waals surface area contributed by atoms with Crippen LogP contribution in [0.4, 0.5) is 5.69 Å². The Balaban J connectivity index is 2.10. The maximum absolute atomic E-state index is 11.3. The van der Waals surface area contributed by atoms with Crippen molar-refractivity contribution in [2.24, 2.45) is 0 Å². The number of carbonyl (C=O) groups excluding carboxylic acids is 1. The summed E-state index contributed by atoms with van der Waals surface area (Å²) in [5.41, 5.74) is 0.652. The first-order valence-electron chi connectivity index (χ1n) is 5.09. The van der Waals surface area contributed by atoms with Crippen molar-refractivity contribution in [2.75, 3.05) is 25.8 Å². The van der Waals surface area contributed by atoms with E-state index in [9.17, 15) is 4.79 Å². The number of aliphatic hydroxyl groups excluding tert-OH is 1. The number of ether oxygens (including phenoxy) is 3. The molecule has 0 saturated heterocycles. The molecular formula is C11H13NO5. The average molecular weight is 239 g/mol. The Kier molecular flexibility index (Phi) is 3.34. The van der Waals surface area contributed by atoms with Crippen LogP contribution in [0.2, 0.25) is 0 Å². The minimum atomic E-state index is -0.791. The minimum Gasteiger partial charge on any atom is -0.467 e. The Morgan fingerprint density at radius 3 is 3.00 bits per heavy atom. The predicted molar refractivity (Wildman–Crippen MR) is 59.1 cm³/mol. The van der Waals surface area contributed by atoms with E-state index in [1.54, 1.807) is 18.2 Å². The summed E-state index contributed by atoms with van der Waals surface area (Å²) in [5, 5.41) is 11.9. The Morgan fingerprint density at radius 2 is 2.29 bits per heavy atom. The summed E-state index contributed by atoms with van der Waals surface area (Å²) in [6, 6.07) is 4.38. The van der Waals surface area contributed by atoms with E-state index in [-0.39, 0.29) is 13.4 Å². The maximum atomic E-state index is 11.3. The van der Waals surface area contributed by atoms with Gasteiger partial charge >= 0.3 is 5.97 Å². The van der Waals surface area contributed by atoms with Gasteiger partial charge in [-0.1, -0.05) is 0 Å². The van der Waals surface area contributed by atoms with Crippen LogP contribution >= 0.6 is 0 Å². The second kappa shape index (κ2) is 4.92. The molecular weight excluding hydrogens is 226 g/mol. The van der Waals surface area contributed by atoms with Crippen LogP contribution in [0.5, 0.6) is 11.5 Å². The number of hydrogen-bond donors (Lipinski definition) is 2. The van der Waals surface area contributed by atoms with Crippen LogP contribution < -0.4 is 14.8 Å².